The van der Waals surface area contributed by atoms with Crippen LogP contribution in [-0.4, -0.2) is 43.0 Å². The molecule has 4 nitrogen and oxygen atoms in total. The summed E-state index contributed by atoms with van der Waals surface area (Å²) in [5.41, 5.74) is 6.31. The van der Waals surface area contributed by atoms with Crippen molar-refractivity contribution in [2.45, 2.75) is 63.8 Å². The number of hydrogen-bond acceptors (Lipinski definition) is 3. The number of nitrogens with zero attached hydrogens (tertiary/aromatic N) is 1. The van der Waals surface area contributed by atoms with Crippen molar-refractivity contribution in [2.24, 2.45) is 5.73 Å². The third kappa shape index (κ3) is 4.77. The van der Waals surface area contributed by atoms with E-state index in [9.17, 15) is 4.79 Å². The smallest absolute Gasteiger partial charge is 0.219 e. The van der Waals surface area contributed by atoms with Crippen molar-refractivity contribution in [2.75, 3.05) is 26.7 Å². The van der Waals surface area contributed by atoms with Gasteiger partial charge >= 0.3 is 0 Å². The summed E-state index contributed by atoms with van der Waals surface area (Å²) in [6, 6.07) is 0. The number of rotatable bonds is 7. The Kier molecular flexibility index (Phi) is 7.39. The van der Waals surface area contributed by atoms with Gasteiger partial charge in [-0.3, -0.25) is 9.69 Å². The Morgan fingerprint density at radius 1 is 1.26 bits per heavy atom. The molecule has 1 saturated carbocycles. The monoisotopic (exact) mass is 269 g/mol. The van der Waals surface area contributed by atoms with Crippen LogP contribution in [0.2, 0.25) is 0 Å². The maximum atomic E-state index is 11.3. The Balaban J connectivity index is 2.55. The van der Waals surface area contributed by atoms with Crippen LogP contribution in [-0.2, 0) is 4.79 Å². The third-order valence-electron chi connectivity index (χ3n) is 4.58. The topological polar surface area (TPSA) is 58.4 Å². The van der Waals surface area contributed by atoms with Gasteiger partial charge in [-0.25, -0.2) is 0 Å². The van der Waals surface area contributed by atoms with Crippen LogP contribution in [0.5, 0.6) is 0 Å². The fraction of sp³-hybridized carbons (Fsp3) is 0.933. The lowest BCUT2D eigenvalue weighted by Crippen LogP contribution is -2.54. The summed E-state index contributed by atoms with van der Waals surface area (Å²) in [7, 11) is 1.70. The first-order valence-corrected chi connectivity index (χ1v) is 7.84. The van der Waals surface area contributed by atoms with E-state index >= 15 is 0 Å². The van der Waals surface area contributed by atoms with Crippen LogP contribution in [0.3, 0.4) is 0 Å². The molecule has 0 aromatic rings. The molecule has 0 unspecified atom stereocenters. The van der Waals surface area contributed by atoms with E-state index in [0.29, 0.717) is 6.42 Å². The van der Waals surface area contributed by atoms with Crippen LogP contribution in [0.1, 0.15) is 58.3 Å². The fourth-order valence-corrected chi connectivity index (χ4v) is 3.32. The zero-order valence-corrected chi connectivity index (χ0v) is 12.7. The van der Waals surface area contributed by atoms with Gasteiger partial charge in [0.05, 0.1) is 0 Å². The molecule has 1 amide bonds. The van der Waals surface area contributed by atoms with Crippen LogP contribution in [0.25, 0.3) is 0 Å². The summed E-state index contributed by atoms with van der Waals surface area (Å²) in [6.45, 7) is 4.98. The van der Waals surface area contributed by atoms with Gasteiger partial charge in [0.2, 0.25) is 5.91 Å². The first-order chi connectivity index (χ1) is 9.18. The summed E-state index contributed by atoms with van der Waals surface area (Å²) >= 11 is 0. The number of hydrogen-bond donors (Lipinski definition) is 2. The first kappa shape index (κ1) is 16.4. The Labute approximate surface area is 118 Å². The minimum Gasteiger partial charge on any atom is -0.359 e. The summed E-state index contributed by atoms with van der Waals surface area (Å²) in [4.78, 5) is 13.8. The van der Waals surface area contributed by atoms with E-state index < -0.39 is 0 Å². The van der Waals surface area contributed by atoms with Crippen molar-refractivity contribution in [3.8, 4) is 0 Å². The molecule has 0 spiro atoms. The highest BCUT2D eigenvalue weighted by Crippen LogP contribution is 2.32. The zero-order valence-electron chi connectivity index (χ0n) is 12.7. The maximum absolute atomic E-state index is 11.3. The van der Waals surface area contributed by atoms with Gasteiger partial charge in [0.15, 0.2) is 0 Å². The van der Waals surface area contributed by atoms with Crippen molar-refractivity contribution in [3.05, 3.63) is 0 Å². The van der Waals surface area contributed by atoms with E-state index in [4.69, 9.17) is 5.73 Å². The summed E-state index contributed by atoms with van der Waals surface area (Å²) in [6.07, 6.45) is 9.26. The molecular weight excluding hydrogens is 238 g/mol. The van der Waals surface area contributed by atoms with Crippen LogP contribution >= 0.6 is 0 Å². The van der Waals surface area contributed by atoms with Crippen molar-refractivity contribution in [1.29, 1.82) is 0 Å². The highest BCUT2D eigenvalue weighted by molar-refractivity contribution is 5.75. The minimum absolute atomic E-state index is 0.138. The van der Waals surface area contributed by atoms with Crippen molar-refractivity contribution < 1.29 is 4.79 Å². The van der Waals surface area contributed by atoms with E-state index in [1.54, 1.807) is 7.05 Å². The van der Waals surface area contributed by atoms with Gasteiger partial charge in [-0.15, -0.1) is 0 Å². The second-order valence-electron chi connectivity index (χ2n) is 5.70. The van der Waals surface area contributed by atoms with Gasteiger partial charge in [0.1, 0.15) is 0 Å². The Morgan fingerprint density at radius 3 is 2.37 bits per heavy atom. The van der Waals surface area contributed by atoms with Crippen LogP contribution in [0.4, 0.5) is 0 Å². The Hall–Kier alpha value is -0.610. The van der Waals surface area contributed by atoms with E-state index in [1.165, 1.54) is 38.5 Å². The van der Waals surface area contributed by atoms with Crippen molar-refractivity contribution >= 4 is 5.91 Å². The molecule has 4 heteroatoms. The molecule has 0 aliphatic heterocycles. The van der Waals surface area contributed by atoms with E-state index in [0.717, 1.165) is 26.1 Å². The number of likely N-dealkylation sites (N-methyl/N-ethyl adjacent to an activating group) is 1. The molecule has 1 rings (SSSR count). The van der Waals surface area contributed by atoms with Crippen LogP contribution in [0, 0.1) is 0 Å². The van der Waals surface area contributed by atoms with Gasteiger partial charge in [0.25, 0.3) is 0 Å². The molecule has 112 valence electrons. The van der Waals surface area contributed by atoms with Crippen molar-refractivity contribution in [3.63, 3.8) is 0 Å². The van der Waals surface area contributed by atoms with E-state index in [1.807, 2.05) is 0 Å². The predicted octanol–water partition coefficient (Wildman–Crippen LogP) is 1.89. The lowest BCUT2D eigenvalue weighted by molar-refractivity contribution is -0.120. The molecule has 0 bridgehead atoms. The van der Waals surface area contributed by atoms with Crippen molar-refractivity contribution in [1.82, 2.24) is 10.2 Å². The lowest BCUT2D eigenvalue weighted by Gasteiger charge is -2.43. The summed E-state index contributed by atoms with van der Waals surface area (Å²) in [5, 5.41) is 2.69. The quantitative estimate of drug-likeness (QED) is 0.694. The van der Waals surface area contributed by atoms with Gasteiger partial charge in [-0.1, -0.05) is 32.6 Å². The van der Waals surface area contributed by atoms with Gasteiger partial charge in [0, 0.05) is 25.6 Å². The lowest BCUT2D eigenvalue weighted by atomic mass is 9.87. The standard InChI is InChI=1S/C15H31N3O/c1-3-18(12-8-9-14(19)17-2)15(13-16)10-6-4-5-7-11-15/h3-13,16H2,1-2H3,(H,17,19). The molecule has 0 atom stereocenters. The molecule has 3 N–H and O–H groups in total. The molecule has 0 radical (unpaired) electrons. The number of amides is 1. The van der Waals surface area contributed by atoms with Crippen LogP contribution in [0.15, 0.2) is 0 Å². The molecule has 0 aromatic carbocycles. The van der Waals surface area contributed by atoms with Gasteiger partial charge in [-0.2, -0.15) is 0 Å². The van der Waals surface area contributed by atoms with Gasteiger partial charge in [-0.05, 0) is 32.4 Å². The molecule has 0 heterocycles. The van der Waals surface area contributed by atoms with Crippen LogP contribution < -0.4 is 11.1 Å². The zero-order chi connectivity index (χ0) is 14.1. The molecular formula is C15H31N3O. The number of carbonyl (C=O) groups excluding carboxylic acids is 1. The largest absolute Gasteiger partial charge is 0.359 e. The normalized spacial score (nSPS) is 19.2. The second kappa shape index (κ2) is 8.54. The summed E-state index contributed by atoms with van der Waals surface area (Å²) < 4.78 is 0. The molecule has 1 fully saturated rings. The summed E-state index contributed by atoms with van der Waals surface area (Å²) in [5.74, 6) is 0.138. The average molecular weight is 269 g/mol. The Morgan fingerprint density at radius 2 is 1.89 bits per heavy atom. The minimum atomic E-state index is 0.138. The van der Waals surface area contributed by atoms with Gasteiger partial charge < -0.3 is 11.1 Å². The highest BCUT2D eigenvalue weighted by Gasteiger charge is 2.34. The fourth-order valence-electron chi connectivity index (χ4n) is 3.32. The first-order valence-electron chi connectivity index (χ1n) is 7.84. The third-order valence-corrected chi connectivity index (χ3v) is 4.58. The molecule has 19 heavy (non-hydrogen) atoms. The van der Waals surface area contributed by atoms with E-state index in [-0.39, 0.29) is 11.4 Å². The highest BCUT2D eigenvalue weighted by atomic mass is 16.1. The number of nitrogens with one attached hydrogen (secondary N) is 1. The predicted molar refractivity (Wildman–Crippen MR) is 80.0 cm³/mol. The SMILES string of the molecule is CCN(CCCC(=O)NC)C1(CN)CCCCCC1. The number of nitrogens with two attached hydrogens (primary N) is 1. The maximum Gasteiger partial charge on any atom is 0.219 e. The second-order valence-corrected chi connectivity index (χ2v) is 5.70. The molecule has 0 saturated heterocycles. The molecule has 1 aliphatic rings. The molecule has 1 aliphatic carbocycles. The number of carbonyl (C=O) groups is 1. The Bertz CT molecular complexity index is 260. The molecule has 0 aromatic heterocycles. The average Bonchev–Trinajstić information content (AvgIpc) is 2.69. The van der Waals surface area contributed by atoms with E-state index in [2.05, 4.69) is 17.1 Å².